The van der Waals surface area contributed by atoms with Crippen molar-refractivity contribution < 1.29 is 4.79 Å². The van der Waals surface area contributed by atoms with Crippen LogP contribution in [0.2, 0.25) is 0 Å². The largest absolute Gasteiger partial charge is 0.354 e. The Morgan fingerprint density at radius 3 is 2.76 bits per heavy atom. The highest BCUT2D eigenvalue weighted by molar-refractivity contribution is 5.78. The van der Waals surface area contributed by atoms with Crippen molar-refractivity contribution in [2.24, 2.45) is 0 Å². The third kappa shape index (κ3) is 4.27. The molecule has 5 heteroatoms. The van der Waals surface area contributed by atoms with E-state index in [0.29, 0.717) is 25.2 Å². The van der Waals surface area contributed by atoms with E-state index in [4.69, 9.17) is 0 Å². The van der Waals surface area contributed by atoms with E-state index in [-0.39, 0.29) is 11.5 Å². The van der Waals surface area contributed by atoms with Gasteiger partial charge in [-0.05, 0) is 25.0 Å². The number of aromatic nitrogens is 2. The van der Waals surface area contributed by atoms with Gasteiger partial charge < -0.3 is 5.32 Å². The number of carbonyl (C=O) groups excluding carboxylic acids is 1. The second kappa shape index (κ2) is 6.83. The number of nitrogens with zero attached hydrogens (tertiary/aromatic N) is 2. The summed E-state index contributed by atoms with van der Waals surface area (Å²) < 4.78 is 1.49. The van der Waals surface area contributed by atoms with Crippen LogP contribution in [0.4, 0.5) is 0 Å². The summed E-state index contributed by atoms with van der Waals surface area (Å²) in [5.41, 5.74) is 2.71. The second-order valence-corrected chi connectivity index (χ2v) is 5.02. The van der Waals surface area contributed by atoms with E-state index in [2.05, 4.69) is 10.3 Å². The summed E-state index contributed by atoms with van der Waals surface area (Å²) in [5.74, 6) is -0.0441. The highest BCUT2D eigenvalue weighted by atomic mass is 16.1. The van der Waals surface area contributed by atoms with Crippen molar-refractivity contribution in [3.63, 3.8) is 0 Å². The lowest BCUT2D eigenvalue weighted by Crippen LogP contribution is -2.31. The highest BCUT2D eigenvalue weighted by Gasteiger charge is 2.05. The van der Waals surface area contributed by atoms with Crippen LogP contribution in [-0.4, -0.2) is 22.0 Å². The molecule has 0 fully saturated rings. The molecule has 5 nitrogen and oxygen atoms in total. The van der Waals surface area contributed by atoms with Gasteiger partial charge in [0, 0.05) is 24.8 Å². The molecule has 1 heterocycles. The minimum Gasteiger partial charge on any atom is -0.354 e. The Labute approximate surface area is 123 Å². The van der Waals surface area contributed by atoms with Gasteiger partial charge in [-0.1, -0.05) is 24.3 Å². The van der Waals surface area contributed by atoms with Gasteiger partial charge in [0.1, 0.15) is 0 Å². The average Bonchev–Trinajstić information content (AvgIpc) is 2.44. The first-order chi connectivity index (χ1) is 10.1. The topological polar surface area (TPSA) is 64.0 Å². The smallest absolute Gasteiger partial charge is 0.253 e. The number of hydrogen-bond acceptors (Lipinski definition) is 3. The maximum Gasteiger partial charge on any atom is 0.253 e. The first kappa shape index (κ1) is 15.0. The number of benzene rings is 1. The summed E-state index contributed by atoms with van der Waals surface area (Å²) in [6, 6.07) is 9.29. The fourth-order valence-corrected chi connectivity index (χ4v) is 2.04. The lowest BCUT2D eigenvalue weighted by molar-refractivity contribution is -0.120. The first-order valence-corrected chi connectivity index (χ1v) is 6.90. The zero-order chi connectivity index (χ0) is 15.2. The van der Waals surface area contributed by atoms with Gasteiger partial charge in [-0.3, -0.25) is 14.2 Å². The molecule has 0 saturated carbocycles. The van der Waals surface area contributed by atoms with Gasteiger partial charge in [0.05, 0.1) is 12.7 Å². The van der Waals surface area contributed by atoms with Crippen molar-refractivity contribution in [1.82, 2.24) is 14.9 Å². The van der Waals surface area contributed by atoms with Crippen molar-refractivity contribution >= 4 is 5.91 Å². The Morgan fingerprint density at radius 2 is 2.05 bits per heavy atom. The van der Waals surface area contributed by atoms with Crippen LogP contribution in [0, 0.1) is 13.8 Å². The van der Waals surface area contributed by atoms with Gasteiger partial charge in [0.25, 0.3) is 5.56 Å². The fraction of sp³-hybridized carbons (Fsp3) is 0.312. The lowest BCUT2D eigenvalue weighted by Gasteiger charge is -2.08. The minimum atomic E-state index is -0.101. The quantitative estimate of drug-likeness (QED) is 0.898. The molecule has 0 saturated heterocycles. The molecule has 0 unspecified atom stereocenters. The van der Waals surface area contributed by atoms with Crippen molar-refractivity contribution in [3.05, 3.63) is 63.8 Å². The van der Waals surface area contributed by atoms with E-state index in [0.717, 1.165) is 11.1 Å². The predicted molar refractivity (Wildman–Crippen MR) is 81.1 cm³/mol. The molecule has 2 aromatic rings. The monoisotopic (exact) mass is 285 g/mol. The Hall–Kier alpha value is -2.43. The molecular weight excluding hydrogens is 266 g/mol. The number of nitrogens with one attached hydrogen (secondary N) is 1. The van der Waals surface area contributed by atoms with E-state index < -0.39 is 0 Å². The summed E-state index contributed by atoms with van der Waals surface area (Å²) in [5, 5.41) is 2.82. The van der Waals surface area contributed by atoms with Crippen molar-refractivity contribution in [1.29, 1.82) is 0 Å². The molecule has 1 aromatic heterocycles. The van der Waals surface area contributed by atoms with Crippen LogP contribution in [-0.2, 0) is 17.8 Å². The van der Waals surface area contributed by atoms with Crippen LogP contribution in [0.5, 0.6) is 0 Å². The zero-order valence-corrected chi connectivity index (χ0v) is 12.3. The summed E-state index contributed by atoms with van der Waals surface area (Å²) in [4.78, 5) is 27.6. The molecule has 0 bridgehead atoms. The minimum absolute atomic E-state index is 0.0441. The molecule has 0 aliphatic heterocycles. The normalized spacial score (nSPS) is 10.4. The van der Waals surface area contributed by atoms with Crippen LogP contribution in [0.1, 0.15) is 16.8 Å². The molecular formula is C16H19N3O2. The molecule has 0 spiro atoms. The SMILES string of the molecule is Cc1cc(=O)n(CCNC(=O)Cc2ccccc2C)cn1. The maximum absolute atomic E-state index is 11.9. The molecule has 1 aromatic carbocycles. The number of rotatable bonds is 5. The zero-order valence-electron chi connectivity index (χ0n) is 12.3. The average molecular weight is 285 g/mol. The van der Waals surface area contributed by atoms with Gasteiger partial charge in [0.15, 0.2) is 0 Å². The molecule has 0 radical (unpaired) electrons. The summed E-state index contributed by atoms with van der Waals surface area (Å²) in [7, 11) is 0. The lowest BCUT2D eigenvalue weighted by atomic mass is 10.1. The van der Waals surface area contributed by atoms with Crippen LogP contribution in [0.15, 0.2) is 41.5 Å². The molecule has 0 atom stereocenters. The third-order valence-electron chi connectivity index (χ3n) is 3.30. The molecule has 1 amide bonds. The molecule has 0 aliphatic carbocycles. The van der Waals surface area contributed by atoms with E-state index in [9.17, 15) is 9.59 Å². The number of carbonyl (C=O) groups is 1. The van der Waals surface area contributed by atoms with Crippen molar-refractivity contribution in [2.45, 2.75) is 26.8 Å². The number of hydrogen-bond donors (Lipinski definition) is 1. The maximum atomic E-state index is 11.9. The van der Waals surface area contributed by atoms with Gasteiger partial charge in [-0.25, -0.2) is 4.98 Å². The van der Waals surface area contributed by atoms with E-state index in [1.807, 2.05) is 31.2 Å². The van der Waals surface area contributed by atoms with E-state index >= 15 is 0 Å². The predicted octanol–water partition coefficient (Wildman–Crippen LogP) is 1.22. The molecule has 1 N–H and O–H groups in total. The number of amides is 1. The molecule has 110 valence electrons. The van der Waals surface area contributed by atoms with E-state index in [1.165, 1.54) is 17.0 Å². The second-order valence-electron chi connectivity index (χ2n) is 5.02. The van der Waals surface area contributed by atoms with E-state index in [1.54, 1.807) is 6.92 Å². The summed E-state index contributed by atoms with van der Waals surface area (Å²) in [6.45, 7) is 4.59. The summed E-state index contributed by atoms with van der Waals surface area (Å²) >= 11 is 0. The third-order valence-corrected chi connectivity index (χ3v) is 3.30. The highest BCUT2D eigenvalue weighted by Crippen LogP contribution is 2.07. The van der Waals surface area contributed by atoms with Gasteiger partial charge in [0.2, 0.25) is 5.91 Å². The van der Waals surface area contributed by atoms with Crippen LogP contribution in [0.3, 0.4) is 0 Å². The number of aryl methyl sites for hydroxylation is 2. The van der Waals surface area contributed by atoms with Gasteiger partial charge >= 0.3 is 0 Å². The molecule has 0 aliphatic rings. The molecule has 2 rings (SSSR count). The first-order valence-electron chi connectivity index (χ1n) is 6.90. The standard InChI is InChI=1S/C16H19N3O2/c1-12-5-3-4-6-14(12)10-15(20)17-7-8-19-11-18-13(2)9-16(19)21/h3-6,9,11H,7-8,10H2,1-2H3,(H,17,20). The van der Waals surface area contributed by atoms with Crippen LogP contribution < -0.4 is 10.9 Å². The van der Waals surface area contributed by atoms with Crippen LogP contribution >= 0.6 is 0 Å². The Kier molecular flexibility index (Phi) is 4.87. The van der Waals surface area contributed by atoms with Crippen LogP contribution in [0.25, 0.3) is 0 Å². The Balaban J connectivity index is 1.85. The Bertz CT molecular complexity index is 692. The van der Waals surface area contributed by atoms with Gasteiger partial charge in [-0.2, -0.15) is 0 Å². The van der Waals surface area contributed by atoms with Crippen molar-refractivity contribution in [3.8, 4) is 0 Å². The molecule has 21 heavy (non-hydrogen) atoms. The van der Waals surface area contributed by atoms with Gasteiger partial charge in [-0.15, -0.1) is 0 Å². The summed E-state index contributed by atoms with van der Waals surface area (Å²) in [6.07, 6.45) is 1.86. The van der Waals surface area contributed by atoms with Crippen molar-refractivity contribution in [2.75, 3.05) is 6.54 Å². The Morgan fingerprint density at radius 1 is 1.29 bits per heavy atom. The fourth-order valence-electron chi connectivity index (χ4n) is 2.04.